The van der Waals surface area contributed by atoms with Crippen molar-refractivity contribution in [3.05, 3.63) is 0 Å². The summed E-state index contributed by atoms with van der Waals surface area (Å²) < 4.78 is 0. The zero-order chi connectivity index (χ0) is 38.8. The first kappa shape index (κ1) is 44.7. The van der Waals surface area contributed by atoms with Crippen molar-refractivity contribution in [3.8, 4) is 0 Å². The molecule has 0 unspecified atom stereocenters. The smallest absolute Gasteiger partial charge is 0.326 e. The predicted molar refractivity (Wildman–Crippen MR) is 166 cm³/mol. The largest absolute Gasteiger partial charge is 0.481 e. The molecule has 0 heterocycles. The molecule has 0 aromatic rings. The number of rotatable bonds is 25. The Labute approximate surface area is 285 Å². The number of carbonyl (C=O) groups excluding carboxylic acids is 4. The van der Waals surface area contributed by atoms with E-state index in [1.807, 2.05) is 5.32 Å². The van der Waals surface area contributed by atoms with Crippen molar-refractivity contribution in [2.24, 2.45) is 0 Å². The van der Waals surface area contributed by atoms with E-state index in [4.69, 9.17) is 15.3 Å². The average Bonchev–Trinajstić information content (AvgIpc) is 2.97. The molecule has 0 rings (SSSR count). The van der Waals surface area contributed by atoms with Crippen LogP contribution in [0.15, 0.2) is 0 Å². The summed E-state index contributed by atoms with van der Waals surface area (Å²) in [5.74, 6) is -13.0. The van der Waals surface area contributed by atoms with Gasteiger partial charge in [-0.3, -0.25) is 43.2 Å². The first-order chi connectivity index (χ1) is 23.0. The zero-order valence-corrected chi connectivity index (χ0v) is 27.7. The molecule has 4 amide bonds. The maximum atomic E-state index is 13.4. The number of hydrogen-bond donors (Lipinski definition) is 11. The van der Waals surface area contributed by atoms with Crippen LogP contribution in [-0.2, 0) is 47.9 Å². The summed E-state index contributed by atoms with van der Waals surface area (Å²) in [6.07, 6.45) is -5.82. The number of carboxylic acid groups (broad SMARTS) is 6. The third kappa shape index (κ3) is 20.1. The highest BCUT2D eigenvalue weighted by Gasteiger charge is 2.33. The molecule has 282 valence electrons. The predicted octanol–water partition coefficient (Wildman–Crippen LogP) is -1.91. The molecular weight excluding hydrogens is 674 g/mol. The lowest BCUT2D eigenvalue weighted by Crippen LogP contribution is -2.59. The van der Waals surface area contributed by atoms with Crippen LogP contribution in [0.25, 0.3) is 0 Å². The van der Waals surface area contributed by atoms with Crippen LogP contribution < -0.4 is 26.6 Å². The molecule has 0 bridgehead atoms. The van der Waals surface area contributed by atoms with Crippen molar-refractivity contribution in [2.75, 3.05) is 0 Å². The lowest BCUT2D eigenvalue weighted by atomic mass is 10.0. The molecule has 0 saturated heterocycles. The maximum Gasteiger partial charge on any atom is 0.326 e. The minimum absolute atomic E-state index is 0.228. The Hall–Kier alpha value is -5.34. The van der Waals surface area contributed by atoms with Gasteiger partial charge in [0.05, 0.1) is 6.04 Å². The van der Waals surface area contributed by atoms with Crippen LogP contribution in [0.2, 0.25) is 0 Å². The Morgan fingerprint density at radius 3 is 0.860 bits per heavy atom. The molecular formula is C29H45N5O16. The van der Waals surface area contributed by atoms with Gasteiger partial charge in [0.1, 0.15) is 24.2 Å². The Kier molecular flexibility index (Phi) is 19.3. The molecule has 0 aliphatic carbocycles. The van der Waals surface area contributed by atoms with E-state index >= 15 is 0 Å². The molecule has 0 aliphatic heterocycles. The quantitative estimate of drug-likeness (QED) is 0.0490. The van der Waals surface area contributed by atoms with E-state index in [-0.39, 0.29) is 6.42 Å². The topological polar surface area (TPSA) is 352 Å². The molecule has 5 atom stereocenters. The second-order valence-corrected chi connectivity index (χ2v) is 12.2. The fourth-order valence-electron chi connectivity index (χ4n) is 4.28. The van der Waals surface area contributed by atoms with Crippen LogP contribution in [-0.4, -0.2) is 126 Å². The van der Waals surface area contributed by atoms with Crippen molar-refractivity contribution in [3.63, 3.8) is 0 Å². The van der Waals surface area contributed by atoms with Gasteiger partial charge in [0, 0.05) is 37.6 Å². The summed E-state index contributed by atoms with van der Waals surface area (Å²) in [4.78, 5) is 120. The highest BCUT2D eigenvalue weighted by molar-refractivity contribution is 5.96. The molecule has 0 aliphatic rings. The van der Waals surface area contributed by atoms with Crippen molar-refractivity contribution >= 4 is 59.4 Å². The first-order valence-corrected chi connectivity index (χ1v) is 15.3. The molecule has 0 aromatic carbocycles. The van der Waals surface area contributed by atoms with E-state index in [0.29, 0.717) is 0 Å². The zero-order valence-electron chi connectivity index (χ0n) is 27.7. The summed E-state index contributed by atoms with van der Waals surface area (Å²) >= 11 is 0. The average molecular weight is 720 g/mol. The first-order valence-electron chi connectivity index (χ1n) is 15.3. The van der Waals surface area contributed by atoms with E-state index in [0.717, 1.165) is 0 Å². The van der Waals surface area contributed by atoms with E-state index in [1.165, 1.54) is 0 Å². The molecule has 21 nitrogen and oxygen atoms in total. The Morgan fingerprint density at radius 2 is 0.620 bits per heavy atom. The van der Waals surface area contributed by atoms with Crippen molar-refractivity contribution in [1.29, 1.82) is 0 Å². The van der Waals surface area contributed by atoms with E-state index in [9.17, 15) is 63.3 Å². The summed E-state index contributed by atoms with van der Waals surface area (Å²) in [5.41, 5.74) is -0.719. The van der Waals surface area contributed by atoms with Crippen LogP contribution >= 0.6 is 0 Å². The number of hydrogen-bond acceptors (Lipinski definition) is 11. The summed E-state index contributed by atoms with van der Waals surface area (Å²) in [6, 6.07) is -8.12. The molecule has 0 aromatic heterocycles. The third-order valence-corrected chi connectivity index (χ3v) is 6.67. The fraction of sp³-hybridized carbons (Fsp3) is 0.655. The Bertz CT molecular complexity index is 1280. The normalized spacial score (nSPS) is 14.1. The minimum atomic E-state index is -1.78. The molecule has 21 heteroatoms. The van der Waals surface area contributed by atoms with Gasteiger partial charge in [-0.2, -0.15) is 0 Å². The molecule has 11 N–H and O–H groups in total. The second kappa shape index (κ2) is 21.6. The Morgan fingerprint density at radius 1 is 0.400 bits per heavy atom. The number of nitrogens with one attached hydrogen (secondary N) is 5. The molecule has 0 radical (unpaired) electrons. The SMILES string of the molecule is CC(C)(C)N[C@@H](CCC(=O)O)C(=O)N[C@@H](CCC(=O)O)C(=O)N[C@@H](CCC(=O)O)C(=O)N[C@@H](CCC(=O)O)C(=O)N[C@@H](CCC(=O)O)C(=O)O. The number of amides is 4. The van der Waals surface area contributed by atoms with Gasteiger partial charge in [-0.05, 0) is 52.9 Å². The van der Waals surface area contributed by atoms with Gasteiger partial charge in [-0.15, -0.1) is 0 Å². The third-order valence-electron chi connectivity index (χ3n) is 6.67. The van der Waals surface area contributed by atoms with Crippen LogP contribution in [0.1, 0.15) is 85.0 Å². The molecule has 0 spiro atoms. The minimum Gasteiger partial charge on any atom is -0.481 e. The fourth-order valence-corrected chi connectivity index (χ4v) is 4.28. The van der Waals surface area contributed by atoms with E-state index in [2.05, 4.69) is 21.3 Å². The standard InChI is InChI=1S/C29H45N5O16/c1-29(2,3)34-17(7-12-22(41)42)27(48)32-15(5-10-20(37)38)25(46)30-14(4-9-19(35)36)24(45)31-16(6-11-21(39)40)26(47)33-18(28(49)50)8-13-23(43)44/h14-18,34H,4-13H2,1-3H3,(H,30,46)(H,31,45)(H,32,48)(H,33,47)(H,35,36)(H,37,38)(H,39,40)(H,41,42)(H,43,44)(H,49,50)/t14-,15-,16-,17-,18-/m0/s1. The van der Waals surface area contributed by atoms with Gasteiger partial charge in [0.15, 0.2) is 0 Å². The number of carbonyl (C=O) groups is 10. The number of carboxylic acids is 6. The molecule has 50 heavy (non-hydrogen) atoms. The summed E-state index contributed by atoms with van der Waals surface area (Å²) in [6.45, 7) is 5.03. The van der Waals surface area contributed by atoms with Crippen molar-refractivity contribution < 1.29 is 78.6 Å². The maximum absolute atomic E-state index is 13.4. The van der Waals surface area contributed by atoms with Crippen LogP contribution in [0.4, 0.5) is 0 Å². The molecule has 0 saturated carbocycles. The second-order valence-electron chi connectivity index (χ2n) is 12.2. The highest BCUT2D eigenvalue weighted by Crippen LogP contribution is 2.10. The Balaban J connectivity index is 6.31. The monoisotopic (exact) mass is 719 g/mol. The van der Waals surface area contributed by atoms with Crippen LogP contribution in [0, 0.1) is 0 Å². The summed E-state index contributed by atoms with van der Waals surface area (Å²) in [7, 11) is 0. The van der Waals surface area contributed by atoms with E-state index in [1.54, 1.807) is 20.8 Å². The number of aliphatic carboxylic acids is 6. The van der Waals surface area contributed by atoms with Crippen molar-refractivity contribution in [1.82, 2.24) is 26.6 Å². The lowest BCUT2D eigenvalue weighted by molar-refractivity contribution is -0.144. The van der Waals surface area contributed by atoms with Crippen molar-refractivity contribution in [2.45, 2.75) is 121 Å². The van der Waals surface area contributed by atoms with Crippen LogP contribution in [0.3, 0.4) is 0 Å². The molecule has 0 fully saturated rings. The van der Waals surface area contributed by atoms with Gasteiger partial charge < -0.3 is 57.2 Å². The van der Waals surface area contributed by atoms with Gasteiger partial charge in [-0.1, -0.05) is 0 Å². The van der Waals surface area contributed by atoms with Gasteiger partial charge in [0.2, 0.25) is 23.6 Å². The van der Waals surface area contributed by atoms with Gasteiger partial charge in [0.25, 0.3) is 0 Å². The lowest BCUT2D eigenvalue weighted by Gasteiger charge is -2.29. The van der Waals surface area contributed by atoms with Gasteiger partial charge >= 0.3 is 35.8 Å². The highest BCUT2D eigenvalue weighted by atomic mass is 16.4. The summed E-state index contributed by atoms with van der Waals surface area (Å²) in [5, 5.41) is 66.4. The van der Waals surface area contributed by atoms with Gasteiger partial charge in [-0.25, -0.2) is 4.79 Å². The van der Waals surface area contributed by atoms with Crippen LogP contribution in [0.5, 0.6) is 0 Å². The van der Waals surface area contributed by atoms with E-state index < -0.39 is 153 Å².